The minimum Gasteiger partial charge on any atom is -0.465 e. The van der Waals surface area contributed by atoms with E-state index in [1.165, 1.54) is 5.56 Å². The number of hydrogen-bond donors (Lipinski definition) is 1. The van der Waals surface area contributed by atoms with Crippen molar-refractivity contribution in [1.29, 1.82) is 0 Å². The smallest absolute Gasteiger partial charge is 0.309 e. The molecule has 1 aromatic carbocycles. The van der Waals surface area contributed by atoms with Crippen LogP contribution in [-0.4, -0.2) is 17.7 Å². The first-order valence-corrected chi connectivity index (χ1v) is 6.18. The van der Waals surface area contributed by atoms with Crippen LogP contribution in [0.15, 0.2) is 24.3 Å². The maximum atomic E-state index is 11.6. The molecular formula is C14H16O3. The van der Waals surface area contributed by atoms with E-state index in [1.807, 2.05) is 18.2 Å². The number of benzene rings is 1. The molecule has 1 saturated heterocycles. The van der Waals surface area contributed by atoms with Crippen LogP contribution in [0.5, 0.6) is 0 Å². The zero-order valence-electron chi connectivity index (χ0n) is 9.63. The number of rotatable bonds is 0. The summed E-state index contributed by atoms with van der Waals surface area (Å²) >= 11 is 0. The molecule has 17 heavy (non-hydrogen) atoms. The second-order valence-corrected chi connectivity index (χ2v) is 4.99. The lowest BCUT2D eigenvalue weighted by Gasteiger charge is -2.24. The zero-order chi connectivity index (χ0) is 11.8. The Labute approximate surface area is 100 Å². The van der Waals surface area contributed by atoms with E-state index in [4.69, 9.17) is 4.74 Å². The molecule has 1 heterocycles. The molecule has 1 N–H and O–H groups in total. The van der Waals surface area contributed by atoms with Gasteiger partial charge in [0.1, 0.15) is 0 Å². The predicted molar refractivity (Wildman–Crippen MR) is 62.3 cm³/mol. The Balaban J connectivity index is 1.93. The van der Waals surface area contributed by atoms with Gasteiger partial charge in [-0.1, -0.05) is 24.3 Å². The molecule has 1 aromatic rings. The molecule has 3 rings (SSSR count). The Morgan fingerprint density at radius 2 is 2.12 bits per heavy atom. The molecule has 0 spiro atoms. The van der Waals surface area contributed by atoms with Crippen LogP contribution in [0.2, 0.25) is 0 Å². The first-order chi connectivity index (χ1) is 8.25. The first kappa shape index (κ1) is 10.8. The van der Waals surface area contributed by atoms with Gasteiger partial charge in [0.15, 0.2) is 0 Å². The van der Waals surface area contributed by atoms with Gasteiger partial charge < -0.3 is 9.84 Å². The Hall–Kier alpha value is -1.35. The lowest BCUT2D eigenvalue weighted by atomic mass is 9.80. The van der Waals surface area contributed by atoms with Crippen molar-refractivity contribution >= 4 is 5.97 Å². The number of fused-ring (bicyclic) bond motifs is 2. The standard InChI is InChI=1S/C14H16O3/c15-13-7-12-10(8-17-14(12)16)6-5-9-3-1-2-4-11(9)13/h1-4,10,12-13,15H,5-8H2. The van der Waals surface area contributed by atoms with Gasteiger partial charge in [0.2, 0.25) is 0 Å². The quantitative estimate of drug-likeness (QED) is 0.694. The molecule has 3 nitrogen and oxygen atoms in total. The van der Waals surface area contributed by atoms with Crippen molar-refractivity contribution in [3.63, 3.8) is 0 Å². The largest absolute Gasteiger partial charge is 0.465 e. The van der Waals surface area contributed by atoms with Crippen LogP contribution in [0.3, 0.4) is 0 Å². The topological polar surface area (TPSA) is 46.5 Å². The van der Waals surface area contributed by atoms with Gasteiger partial charge in [0, 0.05) is 5.92 Å². The average molecular weight is 232 g/mol. The van der Waals surface area contributed by atoms with Gasteiger partial charge in [-0.25, -0.2) is 0 Å². The summed E-state index contributed by atoms with van der Waals surface area (Å²) in [7, 11) is 0. The maximum Gasteiger partial charge on any atom is 0.309 e. The third kappa shape index (κ3) is 1.84. The zero-order valence-corrected chi connectivity index (χ0v) is 9.63. The molecule has 0 amide bonds. The number of aryl methyl sites for hydroxylation is 1. The van der Waals surface area contributed by atoms with Crippen LogP contribution in [-0.2, 0) is 16.0 Å². The number of carbonyl (C=O) groups excluding carboxylic acids is 1. The van der Waals surface area contributed by atoms with Crippen molar-refractivity contribution in [3.8, 4) is 0 Å². The number of carbonyl (C=O) groups is 1. The highest BCUT2D eigenvalue weighted by Gasteiger charge is 2.39. The number of cyclic esters (lactones) is 1. The van der Waals surface area contributed by atoms with Gasteiger partial charge in [-0.05, 0) is 30.4 Å². The Morgan fingerprint density at radius 3 is 3.00 bits per heavy atom. The second kappa shape index (κ2) is 4.15. The third-order valence-corrected chi connectivity index (χ3v) is 3.99. The molecule has 3 unspecified atom stereocenters. The molecule has 2 aliphatic rings. The fourth-order valence-electron chi connectivity index (χ4n) is 2.97. The van der Waals surface area contributed by atoms with E-state index in [0.29, 0.717) is 13.0 Å². The van der Waals surface area contributed by atoms with E-state index in [2.05, 4.69) is 6.07 Å². The van der Waals surface area contributed by atoms with Crippen molar-refractivity contribution in [3.05, 3.63) is 35.4 Å². The fraction of sp³-hybridized carbons (Fsp3) is 0.500. The molecular weight excluding hydrogens is 216 g/mol. The third-order valence-electron chi connectivity index (χ3n) is 3.99. The Bertz CT molecular complexity index is 441. The van der Waals surface area contributed by atoms with E-state index in [1.54, 1.807) is 0 Å². The average Bonchev–Trinajstić information content (AvgIpc) is 2.66. The first-order valence-electron chi connectivity index (χ1n) is 6.18. The number of esters is 1. The second-order valence-electron chi connectivity index (χ2n) is 4.99. The summed E-state index contributed by atoms with van der Waals surface area (Å²) in [5.74, 6) is 0.0392. The van der Waals surface area contributed by atoms with Crippen LogP contribution in [0.25, 0.3) is 0 Å². The minimum absolute atomic E-state index is 0.113. The Morgan fingerprint density at radius 1 is 1.29 bits per heavy atom. The van der Waals surface area contributed by atoms with Gasteiger partial charge in [-0.3, -0.25) is 4.79 Å². The van der Waals surface area contributed by atoms with Crippen LogP contribution < -0.4 is 0 Å². The fourth-order valence-corrected chi connectivity index (χ4v) is 2.97. The summed E-state index contributed by atoms with van der Waals surface area (Å²) < 4.78 is 5.11. The normalized spacial score (nSPS) is 32.1. The SMILES string of the molecule is O=C1OCC2CCc3ccccc3C(O)CC12. The summed E-state index contributed by atoms with van der Waals surface area (Å²) in [4.78, 5) is 11.6. The molecule has 0 aromatic heterocycles. The highest BCUT2D eigenvalue weighted by atomic mass is 16.5. The maximum absolute atomic E-state index is 11.6. The van der Waals surface area contributed by atoms with E-state index in [9.17, 15) is 9.90 Å². The highest BCUT2D eigenvalue weighted by Crippen LogP contribution is 2.37. The molecule has 0 bridgehead atoms. The number of hydrogen-bond acceptors (Lipinski definition) is 3. The molecule has 1 fully saturated rings. The summed E-state index contributed by atoms with van der Waals surface area (Å²) in [6.07, 6.45) is 1.86. The summed E-state index contributed by atoms with van der Waals surface area (Å²) in [5.41, 5.74) is 2.18. The van der Waals surface area contributed by atoms with E-state index < -0.39 is 6.10 Å². The monoisotopic (exact) mass is 232 g/mol. The van der Waals surface area contributed by atoms with E-state index in [0.717, 1.165) is 18.4 Å². The van der Waals surface area contributed by atoms with Crippen LogP contribution in [0.4, 0.5) is 0 Å². The number of ether oxygens (including phenoxy) is 1. The van der Waals surface area contributed by atoms with Gasteiger partial charge in [0.05, 0.1) is 18.6 Å². The molecule has 3 atom stereocenters. The van der Waals surface area contributed by atoms with Crippen molar-refractivity contribution < 1.29 is 14.6 Å². The molecule has 90 valence electrons. The summed E-state index contributed by atoms with van der Waals surface area (Å²) in [6.45, 7) is 0.526. The van der Waals surface area contributed by atoms with Crippen LogP contribution in [0, 0.1) is 11.8 Å². The van der Waals surface area contributed by atoms with E-state index >= 15 is 0 Å². The lowest BCUT2D eigenvalue weighted by Crippen LogP contribution is -2.22. The molecule has 1 aliphatic carbocycles. The number of aliphatic hydroxyl groups excluding tert-OH is 1. The number of aliphatic hydroxyl groups is 1. The van der Waals surface area contributed by atoms with E-state index in [-0.39, 0.29) is 17.8 Å². The van der Waals surface area contributed by atoms with Gasteiger partial charge in [-0.15, -0.1) is 0 Å². The Kier molecular flexibility index (Phi) is 2.63. The predicted octanol–water partition coefficient (Wildman–Crippen LogP) is 1.85. The lowest BCUT2D eigenvalue weighted by molar-refractivity contribution is -0.142. The van der Waals surface area contributed by atoms with Crippen molar-refractivity contribution in [2.45, 2.75) is 25.4 Å². The molecule has 0 radical (unpaired) electrons. The van der Waals surface area contributed by atoms with Gasteiger partial charge in [-0.2, -0.15) is 0 Å². The molecule has 0 saturated carbocycles. The van der Waals surface area contributed by atoms with Crippen LogP contribution >= 0.6 is 0 Å². The van der Waals surface area contributed by atoms with Crippen molar-refractivity contribution in [2.75, 3.05) is 6.61 Å². The van der Waals surface area contributed by atoms with Gasteiger partial charge >= 0.3 is 5.97 Å². The molecule has 3 heteroatoms. The summed E-state index contributed by atoms with van der Waals surface area (Å²) in [5, 5.41) is 10.2. The van der Waals surface area contributed by atoms with Crippen molar-refractivity contribution in [1.82, 2.24) is 0 Å². The summed E-state index contributed by atoms with van der Waals surface area (Å²) in [6, 6.07) is 7.96. The minimum atomic E-state index is -0.537. The highest BCUT2D eigenvalue weighted by molar-refractivity contribution is 5.74. The molecule has 1 aliphatic heterocycles. The van der Waals surface area contributed by atoms with Gasteiger partial charge in [0.25, 0.3) is 0 Å². The van der Waals surface area contributed by atoms with Crippen molar-refractivity contribution in [2.24, 2.45) is 11.8 Å². The van der Waals surface area contributed by atoms with Crippen LogP contribution in [0.1, 0.15) is 30.1 Å².